The molecule has 0 saturated heterocycles. The normalized spacial score (nSPS) is 15.2. The van der Waals surface area contributed by atoms with Crippen LogP contribution in [0.2, 0.25) is 12.1 Å². The molecule has 3 unspecified atom stereocenters. The average Bonchev–Trinajstić information content (AvgIpc) is 2.92. The van der Waals surface area contributed by atoms with Gasteiger partial charge in [-0.15, -0.1) is 0 Å². The Morgan fingerprint density at radius 2 is 1.13 bits per heavy atom. The van der Waals surface area contributed by atoms with E-state index in [0.717, 1.165) is 0 Å². The zero-order valence-electron chi connectivity index (χ0n) is 28.1. The second-order valence-corrected chi connectivity index (χ2v) is 16.7. The first-order chi connectivity index (χ1) is 21.4. The van der Waals surface area contributed by atoms with Crippen LogP contribution in [0.3, 0.4) is 0 Å². The Kier molecular flexibility index (Phi) is 25.5. The second-order valence-electron chi connectivity index (χ2n) is 12.6. The van der Waals surface area contributed by atoms with E-state index in [0.29, 0.717) is 78.4 Å². The highest BCUT2D eigenvalue weighted by Crippen LogP contribution is 2.08. The van der Waals surface area contributed by atoms with Crippen molar-refractivity contribution in [1.29, 1.82) is 0 Å². The van der Waals surface area contributed by atoms with Gasteiger partial charge in [0.05, 0.1) is 43.7 Å². The maximum atomic E-state index is 10.6. The van der Waals surface area contributed by atoms with Crippen LogP contribution in [0, 0.1) is 0 Å². The lowest BCUT2D eigenvalue weighted by atomic mass is 10.2. The summed E-state index contributed by atoms with van der Waals surface area (Å²) in [5.41, 5.74) is 5.46. The van der Waals surface area contributed by atoms with E-state index >= 15 is 0 Å². The number of aliphatic hydroxyl groups excluding tert-OH is 3. The summed E-state index contributed by atoms with van der Waals surface area (Å²) in [5, 5.41) is 37.6. The quantitative estimate of drug-likeness (QED) is 0.0238. The topological polar surface area (TPSA) is 266 Å². The highest BCUT2D eigenvalue weighted by Gasteiger charge is 2.26. The Labute approximate surface area is 276 Å². The molecule has 0 aliphatic heterocycles. The number of ether oxygens (including phenoxy) is 3. The predicted octanol–water partition coefficient (Wildman–Crippen LogP) is -4.73. The Morgan fingerprint density at radius 3 is 1.63 bits per heavy atom. The molecular formula is C27H65N5O12Si2. The molecule has 0 bridgehead atoms. The zero-order chi connectivity index (χ0) is 35.1. The minimum atomic E-state index is -4.10. The molecule has 3 atom stereocenters. The van der Waals surface area contributed by atoms with Gasteiger partial charge in [-0.25, -0.2) is 0 Å². The van der Waals surface area contributed by atoms with Crippen molar-refractivity contribution in [3.63, 3.8) is 0 Å². The number of hydrogen-bond acceptors (Lipinski definition) is 17. The minimum absolute atomic E-state index is 0.0545. The van der Waals surface area contributed by atoms with Gasteiger partial charge in [-0.2, -0.15) is 0 Å². The fraction of sp³-hybridized carbons (Fsp3) is 1.00. The van der Waals surface area contributed by atoms with Gasteiger partial charge in [0.15, 0.2) is 0 Å². The molecule has 0 aromatic heterocycles. The molecule has 19 heteroatoms. The minimum Gasteiger partial charge on any atom is -0.390 e. The maximum Gasteiger partial charge on any atom is 0.492 e. The van der Waals surface area contributed by atoms with Gasteiger partial charge in [0.1, 0.15) is 0 Å². The van der Waals surface area contributed by atoms with E-state index in [4.69, 9.17) is 48.7 Å². The number of nitrogens with zero attached hydrogens (tertiary/aromatic N) is 2. The summed E-state index contributed by atoms with van der Waals surface area (Å²) < 4.78 is 16.4. The van der Waals surface area contributed by atoms with Crippen molar-refractivity contribution < 1.29 is 58.3 Å². The molecule has 46 heavy (non-hydrogen) atoms. The smallest absolute Gasteiger partial charge is 0.390 e. The molecule has 0 aromatic carbocycles. The summed E-state index contributed by atoms with van der Waals surface area (Å²) in [6.07, 6.45) is -1.63. The van der Waals surface area contributed by atoms with Crippen LogP contribution in [0.4, 0.5) is 0 Å². The van der Waals surface area contributed by atoms with Gasteiger partial charge in [-0.05, 0) is 33.6 Å². The maximum absolute atomic E-state index is 10.6. The molecular weight excluding hydrogens is 642 g/mol. The van der Waals surface area contributed by atoms with Crippen molar-refractivity contribution in [1.82, 2.24) is 20.4 Å². The van der Waals surface area contributed by atoms with Gasteiger partial charge >= 0.3 is 17.6 Å². The van der Waals surface area contributed by atoms with E-state index in [2.05, 4.69) is 20.4 Å². The van der Waals surface area contributed by atoms with Crippen molar-refractivity contribution in [2.24, 2.45) is 5.73 Å². The van der Waals surface area contributed by atoms with Crippen LogP contribution < -0.4 is 16.4 Å². The Hall–Kier alpha value is -0.246. The van der Waals surface area contributed by atoms with Crippen LogP contribution >= 0.6 is 0 Å². The van der Waals surface area contributed by atoms with Gasteiger partial charge in [-0.3, -0.25) is 9.80 Å². The molecule has 0 amide bonds. The first-order valence-corrected chi connectivity index (χ1v) is 20.2. The van der Waals surface area contributed by atoms with Gasteiger partial charge in [0, 0.05) is 97.3 Å². The fourth-order valence-electron chi connectivity index (χ4n) is 4.23. The first-order valence-electron chi connectivity index (χ1n) is 16.1. The highest BCUT2D eigenvalue weighted by atomic mass is 28.4. The van der Waals surface area contributed by atoms with Crippen LogP contribution in [0.1, 0.15) is 33.6 Å². The summed E-state index contributed by atoms with van der Waals surface area (Å²) in [6, 6.07) is -0.237. The lowest BCUT2D eigenvalue weighted by Crippen LogP contribution is -2.46. The molecule has 0 saturated carbocycles. The van der Waals surface area contributed by atoms with Crippen molar-refractivity contribution >= 4 is 17.6 Å². The summed E-state index contributed by atoms with van der Waals surface area (Å²) in [6.45, 7) is 12.3. The van der Waals surface area contributed by atoms with Crippen LogP contribution in [-0.2, 0) is 14.2 Å². The number of nitrogens with one attached hydrogen (secondary N) is 2. The summed E-state index contributed by atoms with van der Waals surface area (Å²) >= 11 is 0. The van der Waals surface area contributed by atoms with Gasteiger partial charge in [0.25, 0.3) is 0 Å². The van der Waals surface area contributed by atoms with Crippen LogP contribution in [0.25, 0.3) is 0 Å². The fourth-order valence-corrected chi connectivity index (χ4v) is 5.47. The molecule has 0 rings (SSSR count). The van der Waals surface area contributed by atoms with Crippen molar-refractivity contribution in [2.45, 2.75) is 69.6 Å². The van der Waals surface area contributed by atoms with Gasteiger partial charge in [-0.1, -0.05) is 0 Å². The molecule has 13 N–H and O–H groups in total. The molecule has 0 fully saturated rings. The Balaban J connectivity index is 4.63. The predicted molar refractivity (Wildman–Crippen MR) is 177 cm³/mol. The molecule has 0 heterocycles. The lowest BCUT2D eigenvalue weighted by molar-refractivity contribution is -0.0564. The third-order valence-electron chi connectivity index (χ3n) is 6.51. The van der Waals surface area contributed by atoms with Crippen molar-refractivity contribution in [3.05, 3.63) is 0 Å². The highest BCUT2D eigenvalue weighted by molar-refractivity contribution is 6.56. The molecule has 0 aliphatic carbocycles. The van der Waals surface area contributed by atoms with Crippen LogP contribution in [-0.4, -0.2) is 200 Å². The van der Waals surface area contributed by atoms with E-state index in [1.54, 1.807) is 0 Å². The van der Waals surface area contributed by atoms with E-state index in [1.165, 1.54) is 0 Å². The van der Waals surface area contributed by atoms with Crippen LogP contribution in [0.15, 0.2) is 0 Å². The summed E-state index contributed by atoms with van der Waals surface area (Å²) in [4.78, 5) is 58.4. The number of hydrogen-bond donors (Lipinski definition) is 12. The molecule has 0 spiro atoms. The Bertz CT molecular complexity index is 720. The summed E-state index contributed by atoms with van der Waals surface area (Å²) in [7, 11) is -8.15. The zero-order valence-corrected chi connectivity index (χ0v) is 30.1. The molecule has 17 nitrogen and oxygen atoms in total. The number of nitrogens with two attached hydrogens (primary N) is 1. The second kappa shape index (κ2) is 25.7. The van der Waals surface area contributed by atoms with Gasteiger partial charge < -0.3 is 74.7 Å². The molecule has 278 valence electrons. The van der Waals surface area contributed by atoms with Crippen molar-refractivity contribution in [2.75, 3.05) is 105 Å². The van der Waals surface area contributed by atoms with E-state index in [9.17, 15) is 15.3 Å². The summed E-state index contributed by atoms with van der Waals surface area (Å²) in [5.74, 6) is 0. The van der Waals surface area contributed by atoms with Crippen LogP contribution in [0.5, 0.6) is 0 Å². The monoisotopic (exact) mass is 707 g/mol. The first kappa shape index (κ1) is 45.8. The Morgan fingerprint density at radius 1 is 0.652 bits per heavy atom. The van der Waals surface area contributed by atoms with Crippen molar-refractivity contribution in [3.8, 4) is 0 Å². The molecule has 0 radical (unpaired) electrons. The standard InChI is InChI=1S/C27H65N5O12Si2/c1-27(2,3)44-23-26(35)20-31(10-6-28)12-13-32(19-25(34)22-43-15-5-17-46(39,40)41)11-9-29-7-8-30-18-24(33)21-42-14-4-16-45(36,37)38/h24-26,29-30,33-41H,4-23,28H2,1-3H3. The van der Waals surface area contributed by atoms with E-state index < -0.39 is 35.9 Å². The number of rotatable bonds is 31. The largest absolute Gasteiger partial charge is 0.492 e. The average molecular weight is 708 g/mol. The van der Waals surface area contributed by atoms with E-state index in [1.807, 2.05) is 20.8 Å². The number of aliphatic hydroxyl groups is 3. The van der Waals surface area contributed by atoms with E-state index in [-0.39, 0.29) is 57.1 Å². The molecule has 0 aliphatic rings. The SMILES string of the molecule is CC(C)(C)OCC(O)CN(CCN)CCN(CCNCCNCC(O)COCCC[Si](O)(O)O)CC(O)COCCC[Si](O)(O)O. The third kappa shape index (κ3) is 32.3. The molecule has 0 aromatic rings. The van der Waals surface area contributed by atoms with Gasteiger partial charge in [0.2, 0.25) is 0 Å². The lowest BCUT2D eigenvalue weighted by Gasteiger charge is -2.30. The third-order valence-corrected chi connectivity index (χ3v) is 8.56.